The molecule has 2 aromatic rings. The maximum Gasteiger partial charge on any atom is 0.213 e. The molecule has 0 spiro atoms. The van der Waals surface area contributed by atoms with Crippen LogP contribution < -0.4 is 9.46 Å². The monoisotopic (exact) mass is 340 g/mol. The molecule has 120 valence electrons. The minimum Gasteiger partial charge on any atom is -0.598 e. The zero-order chi connectivity index (χ0) is 16.3. The van der Waals surface area contributed by atoms with Gasteiger partial charge in [0.2, 0.25) is 5.88 Å². The molecule has 2 atom stereocenters. The minimum atomic E-state index is -1.15. The van der Waals surface area contributed by atoms with Crippen LogP contribution in [0.15, 0.2) is 18.3 Å². The number of hydrogen-bond acceptors (Lipinski definition) is 7. The second-order valence-electron chi connectivity index (χ2n) is 5.76. The summed E-state index contributed by atoms with van der Waals surface area (Å²) < 4.78 is 24.4. The standard InChI is InChI=1S/C14H20N4O2S2/c1-9(18-22(19)14(2,3)4)13-16-12(17-21-13)10-6-7-15-11(8-10)20-5/h6-9,18H,1-5H3/t9-,22?/m0/s1. The fraction of sp³-hybridized carbons (Fsp3) is 0.500. The normalized spacial score (nSPS) is 14.6. The fourth-order valence-corrected chi connectivity index (χ4v) is 3.11. The van der Waals surface area contributed by atoms with Gasteiger partial charge in [-0.25, -0.2) is 9.97 Å². The Bertz CT molecular complexity index is 627. The lowest BCUT2D eigenvalue weighted by Gasteiger charge is -2.25. The third-order valence-corrected chi connectivity index (χ3v) is 5.43. The zero-order valence-electron chi connectivity index (χ0n) is 13.3. The van der Waals surface area contributed by atoms with Crippen molar-refractivity contribution in [1.82, 2.24) is 19.1 Å². The van der Waals surface area contributed by atoms with Gasteiger partial charge in [-0.1, -0.05) is 0 Å². The van der Waals surface area contributed by atoms with E-state index in [0.717, 1.165) is 10.6 Å². The van der Waals surface area contributed by atoms with Gasteiger partial charge in [-0.05, 0) is 45.3 Å². The topological polar surface area (TPSA) is 83.0 Å². The van der Waals surface area contributed by atoms with Gasteiger partial charge in [0.15, 0.2) is 5.82 Å². The number of aromatic nitrogens is 3. The molecule has 0 bridgehead atoms. The first-order valence-electron chi connectivity index (χ1n) is 6.83. The Balaban J connectivity index is 2.13. The van der Waals surface area contributed by atoms with Crippen molar-refractivity contribution >= 4 is 22.9 Å². The number of rotatable bonds is 5. The summed E-state index contributed by atoms with van der Waals surface area (Å²) in [7, 11) is 1.57. The van der Waals surface area contributed by atoms with Crippen LogP contribution in [0.5, 0.6) is 5.88 Å². The predicted octanol–water partition coefficient (Wildman–Crippen LogP) is 2.72. The molecular formula is C14H20N4O2S2. The molecule has 0 saturated heterocycles. The van der Waals surface area contributed by atoms with Crippen LogP contribution in [-0.2, 0) is 11.4 Å². The van der Waals surface area contributed by atoms with Crippen molar-refractivity contribution in [3.8, 4) is 17.3 Å². The van der Waals surface area contributed by atoms with Gasteiger partial charge in [0.25, 0.3) is 0 Å². The van der Waals surface area contributed by atoms with E-state index < -0.39 is 11.4 Å². The van der Waals surface area contributed by atoms with E-state index in [0.29, 0.717) is 11.7 Å². The highest BCUT2D eigenvalue weighted by molar-refractivity contribution is 7.90. The number of nitrogens with zero attached hydrogens (tertiary/aromatic N) is 3. The third-order valence-electron chi connectivity index (χ3n) is 2.85. The zero-order valence-corrected chi connectivity index (χ0v) is 14.9. The highest BCUT2D eigenvalue weighted by Gasteiger charge is 2.29. The van der Waals surface area contributed by atoms with Gasteiger partial charge in [0.1, 0.15) is 15.8 Å². The van der Waals surface area contributed by atoms with Crippen molar-refractivity contribution in [3.63, 3.8) is 0 Å². The second kappa shape index (κ2) is 6.91. The van der Waals surface area contributed by atoms with E-state index in [1.165, 1.54) is 11.5 Å². The van der Waals surface area contributed by atoms with Crippen LogP contribution in [0.1, 0.15) is 38.7 Å². The third kappa shape index (κ3) is 4.16. The van der Waals surface area contributed by atoms with Gasteiger partial charge < -0.3 is 9.29 Å². The van der Waals surface area contributed by atoms with E-state index in [1.54, 1.807) is 19.4 Å². The van der Waals surface area contributed by atoms with E-state index in [-0.39, 0.29) is 10.8 Å². The van der Waals surface area contributed by atoms with Gasteiger partial charge in [-0.3, -0.25) is 0 Å². The Labute approximate surface area is 137 Å². The Morgan fingerprint density at radius 3 is 2.77 bits per heavy atom. The highest BCUT2D eigenvalue weighted by Crippen LogP contribution is 2.25. The number of methoxy groups -OCH3 is 1. The van der Waals surface area contributed by atoms with Crippen molar-refractivity contribution in [1.29, 1.82) is 0 Å². The first-order chi connectivity index (χ1) is 10.3. The minimum absolute atomic E-state index is 0.130. The first-order valence-corrected chi connectivity index (χ1v) is 8.75. The van der Waals surface area contributed by atoms with Gasteiger partial charge in [0.05, 0.1) is 7.11 Å². The molecular weight excluding hydrogens is 320 g/mol. The van der Waals surface area contributed by atoms with Crippen LogP contribution in [0.4, 0.5) is 0 Å². The van der Waals surface area contributed by atoms with Crippen LogP contribution >= 0.6 is 11.5 Å². The smallest absolute Gasteiger partial charge is 0.213 e. The van der Waals surface area contributed by atoms with Crippen molar-refractivity contribution in [2.75, 3.05) is 7.11 Å². The molecule has 2 heterocycles. The molecule has 0 radical (unpaired) electrons. The van der Waals surface area contributed by atoms with Crippen molar-refractivity contribution in [2.45, 2.75) is 38.5 Å². The van der Waals surface area contributed by atoms with E-state index in [1.807, 2.05) is 33.8 Å². The van der Waals surface area contributed by atoms with E-state index in [4.69, 9.17) is 4.74 Å². The van der Waals surface area contributed by atoms with Crippen molar-refractivity contribution in [2.24, 2.45) is 0 Å². The molecule has 0 aliphatic heterocycles. The molecule has 2 aromatic heterocycles. The Kier molecular flexibility index (Phi) is 5.38. The average Bonchev–Trinajstić information content (AvgIpc) is 2.96. The molecule has 0 saturated carbocycles. The quantitative estimate of drug-likeness (QED) is 0.843. The van der Waals surface area contributed by atoms with Gasteiger partial charge in [-0.15, -0.1) is 4.72 Å². The molecule has 1 N–H and O–H groups in total. The lowest BCUT2D eigenvalue weighted by atomic mass is 10.2. The van der Waals surface area contributed by atoms with Crippen molar-refractivity contribution in [3.05, 3.63) is 23.3 Å². The summed E-state index contributed by atoms with van der Waals surface area (Å²) in [4.78, 5) is 8.58. The summed E-state index contributed by atoms with van der Waals surface area (Å²) in [6.45, 7) is 7.72. The van der Waals surface area contributed by atoms with E-state index in [2.05, 4.69) is 19.1 Å². The van der Waals surface area contributed by atoms with Gasteiger partial charge in [0, 0.05) is 29.2 Å². The molecule has 0 aliphatic rings. The predicted molar refractivity (Wildman–Crippen MR) is 89.1 cm³/mol. The Morgan fingerprint density at radius 2 is 2.14 bits per heavy atom. The van der Waals surface area contributed by atoms with Crippen LogP contribution in [0.25, 0.3) is 11.4 Å². The molecule has 8 heteroatoms. The Morgan fingerprint density at radius 1 is 1.41 bits per heavy atom. The van der Waals surface area contributed by atoms with Crippen LogP contribution in [-0.4, -0.2) is 30.8 Å². The number of hydrogen-bond donors (Lipinski definition) is 1. The number of pyridine rings is 1. The fourth-order valence-electron chi connectivity index (χ4n) is 1.58. The maximum atomic E-state index is 12.1. The van der Waals surface area contributed by atoms with Crippen molar-refractivity contribution < 1.29 is 9.29 Å². The summed E-state index contributed by atoms with van der Waals surface area (Å²) in [5.74, 6) is 1.14. The van der Waals surface area contributed by atoms with Crippen LogP contribution in [0.3, 0.4) is 0 Å². The summed E-state index contributed by atoms with van der Waals surface area (Å²) in [5.41, 5.74) is 0.846. The largest absolute Gasteiger partial charge is 0.598 e. The van der Waals surface area contributed by atoms with Crippen LogP contribution in [0.2, 0.25) is 0 Å². The molecule has 0 fully saturated rings. The van der Waals surface area contributed by atoms with E-state index >= 15 is 0 Å². The van der Waals surface area contributed by atoms with E-state index in [9.17, 15) is 4.55 Å². The molecule has 22 heavy (non-hydrogen) atoms. The average molecular weight is 340 g/mol. The summed E-state index contributed by atoms with van der Waals surface area (Å²) >= 11 is 0.150. The molecule has 6 nitrogen and oxygen atoms in total. The van der Waals surface area contributed by atoms with Gasteiger partial charge in [-0.2, -0.15) is 4.37 Å². The maximum absolute atomic E-state index is 12.1. The van der Waals surface area contributed by atoms with Gasteiger partial charge >= 0.3 is 0 Å². The molecule has 2 rings (SSSR count). The summed E-state index contributed by atoms with van der Waals surface area (Å²) in [5, 5.41) is 0.795. The first kappa shape index (κ1) is 17.1. The number of nitrogens with one attached hydrogen (secondary N) is 1. The second-order valence-corrected chi connectivity index (χ2v) is 8.55. The lowest BCUT2D eigenvalue weighted by Crippen LogP contribution is -2.40. The number of ether oxygens (including phenoxy) is 1. The molecule has 0 amide bonds. The molecule has 0 aliphatic carbocycles. The summed E-state index contributed by atoms with van der Waals surface area (Å²) in [6.07, 6.45) is 1.66. The Hall–Kier alpha value is -1.22. The molecule has 1 unspecified atom stereocenters. The summed E-state index contributed by atoms with van der Waals surface area (Å²) in [6, 6.07) is 3.49. The lowest BCUT2D eigenvalue weighted by molar-refractivity contribution is 0.398. The highest BCUT2D eigenvalue weighted by atomic mass is 32.2. The van der Waals surface area contributed by atoms with Crippen LogP contribution in [0, 0.1) is 0 Å². The SMILES string of the molecule is COc1cc(-c2nsc([C@H](C)N[S+]([O-])C(C)(C)C)n2)ccn1. The molecule has 0 aromatic carbocycles.